The van der Waals surface area contributed by atoms with E-state index in [2.05, 4.69) is 10.0 Å². The number of rotatable bonds is 7. The van der Waals surface area contributed by atoms with Crippen LogP contribution in [0.1, 0.15) is 30.5 Å². The van der Waals surface area contributed by atoms with Gasteiger partial charge in [-0.25, -0.2) is 9.69 Å². The van der Waals surface area contributed by atoms with Crippen molar-refractivity contribution in [3.8, 4) is 0 Å². The summed E-state index contributed by atoms with van der Waals surface area (Å²) in [4.78, 5) is 29.8. The molecule has 0 unspecified atom stereocenters. The molecule has 2 aromatic carbocycles. The van der Waals surface area contributed by atoms with E-state index in [-0.39, 0.29) is 18.6 Å². The van der Waals surface area contributed by atoms with Gasteiger partial charge in [0.25, 0.3) is 0 Å². The number of carbonyl (C=O) groups excluding carboxylic acids is 2. The van der Waals surface area contributed by atoms with E-state index in [1.165, 1.54) is 4.90 Å². The Morgan fingerprint density at radius 3 is 2.46 bits per heavy atom. The van der Waals surface area contributed by atoms with Crippen LogP contribution in [0.4, 0.5) is 4.79 Å². The Hall–Kier alpha value is -3.31. The monoisotopic (exact) mass is 378 g/mol. The normalized spacial score (nSPS) is 18.1. The van der Waals surface area contributed by atoms with Crippen molar-refractivity contribution in [1.82, 2.24) is 4.90 Å². The van der Waals surface area contributed by atoms with Crippen molar-refractivity contribution in [3.05, 3.63) is 82.2 Å². The third-order valence-electron chi connectivity index (χ3n) is 4.97. The average Bonchev–Trinajstić information content (AvgIpc) is 3.09. The molecule has 0 spiro atoms. The van der Waals surface area contributed by atoms with Crippen LogP contribution in [0.15, 0.2) is 65.8 Å². The summed E-state index contributed by atoms with van der Waals surface area (Å²) in [5, 5.41) is 3.87. The zero-order chi connectivity index (χ0) is 19.9. The predicted octanol–water partition coefficient (Wildman–Crippen LogP) is 4.65. The van der Waals surface area contributed by atoms with Crippen LogP contribution in [0.3, 0.4) is 0 Å². The second kappa shape index (κ2) is 9.06. The van der Waals surface area contributed by atoms with Gasteiger partial charge in [0.2, 0.25) is 5.91 Å². The lowest BCUT2D eigenvalue weighted by Crippen LogP contribution is -2.44. The Balaban J connectivity index is 1.87. The molecule has 7 nitrogen and oxygen atoms in total. The van der Waals surface area contributed by atoms with Gasteiger partial charge in [-0.05, 0) is 29.5 Å². The predicted molar refractivity (Wildman–Crippen MR) is 104 cm³/mol. The molecule has 0 aliphatic carbocycles. The minimum absolute atomic E-state index is 0.160. The van der Waals surface area contributed by atoms with Gasteiger partial charge in [0.05, 0.1) is 18.0 Å². The highest BCUT2D eigenvalue weighted by Crippen LogP contribution is 2.32. The van der Waals surface area contributed by atoms with Crippen LogP contribution in [-0.2, 0) is 16.0 Å². The van der Waals surface area contributed by atoms with Crippen LogP contribution in [0, 0.1) is 5.92 Å². The zero-order valence-corrected chi connectivity index (χ0v) is 15.6. The molecule has 1 heterocycles. The first-order valence-electron chi connectivity index (χ1n) is 9.28. The molecular formula is C21H22N4O3. The van der Waals surface area contributed by atoms with Crippen molar-refractivity contribution in [3.63, 3.8) is 0 Å². The Bertz CT molecular complexity index is 866. The maximum Gasteiger partial charge on any atom is 0.416 e. The molecule has 1 aliphatic heterocycles. The molecule has 0 saturated carbocycles. The first kappa shape index (κ1) is 19.5. The second-order valence-electron chi connectivity index (χ2n) is 6.70. The van der Waals surface area contributed by atoms with Gasteiger partial charge in [0, 0.05) is 4.91 Å². The highest BCUT2D eigenvalue weighted by Gasteiger charge is 2.42. The molecule has 3 atom stereocenters. The van der Waals surface area contributed by atoms with Crippen molar-refractivity contribution in [2.45, 2.75) is 31.8 Å². The molecule has 3 rings (SSSR count). The van der Waals surface area contributed by atoms with Gasteiger partial charge in [0.1, 0.15) is 6.61 Å². The zero-order valence-electron chi connectivity index (χ0n) is 15.6. The lowest BCUT2D eigenvalue weighted by Gasteiger charge is -2.28. The lowest BCUT2D eigenvalue weighted by atomic mass is 9.89. The van der Waals surface area contributed by atoms with E-state index < -0.39 is 18.1 Å². The lowest BCUT2D eigenvalue weighted by molar-refractivity contribution is -0.134. The standard InChI is InChI=1S/C21H22N4O3/c1-2-18(19(23-24-22)16-11-7-4-8-12-16)20(26)25-17(14-28-21(25)27)13-15-9-5-3-6-10-15/h3-12,17-19H,2,13-14H2,1H3/t17-,18+,19-/m0/s1. The molecule has 1 aliphatic rings. The second-order valence-corrected chi connectivity index (χ2v) is 6.70. The molecule has 7 heteroatoms. The number of carbonyl (C=O) groups is 2. The van der Waals surface area contributed by atoms with E-state index >= 15 is 0 Å². The highest BCUT2D eigenvalue weighted by atomic mass is 16.6. The van der Waals surface area contributed by atoms with Gasteiger partial charge in [-0.15, -0.1) is 0 Å². The summed E-state index contributed by atoms with van der Waals surface area (Å²) in [6.07, 6.45) is 0.308. The third-order valence-corrected chi connectivity index (χ3v) is 4.97. The van der Waals surface area contributed by atoms with Gasteiger partial charge >= 0.3 is 6.09 Å². The number of imide groups is 1. The number of benzene rings is 2. The maximum absolute atomic E-state index is 13.3. The fourth-order valence-corrected chi connectivity index (χ4v) is 3.56. The summed E-state index contributed by atoms with van der Waals surface area (Å²) in [5.74, 6) is -1.02. The van der Waals surface area contributed by atoms with Crippen LogP contribution >= 0.6 is 0 Å². The minimum Gasteiger partial charge on any atom is -0.447 e. The summed E-state index contributed by atoms with van der Waals surface area (Å²) in [5.41, 5.74) is 10.8. The molecule has 0 bridgehead atoms. The van der Waals surface area contributed by atoms with Gasteiger partial charge < -0.3 is 4.74 Å². The fraction of sp³-hybridized carbons (Fsp3) is 0.333. The SMILES string of the molecule is CC[C@@H](C(=O)N1C(=O)OC[C@@H]1Cc1ccccc1)[C@@H](N=[N+]=[N-])c1ccccc1. The van der Waals surface area contributed by atoms with Crippen molar-refractivity contribution >= 4 is 12.0 Å². The van der Waals surface area contributed by atoms with E-state index in [4.69, 9.17) is 10.3 Å². The van der Waals surface area contributed by atoms with Crippen molar-refractivity contribution in [1.29, 1.82) is 0 Å². The van der Waals surface area contributed by atoms with E-state index in [9.17, 15) is 9.59 Å². The van der Waals surface area contributed by atoms with Gasteiger partial charge in [-0.3, -0.25) is 4.79 Å². The summed E-state index contributed by atoms with van der Waals surface area (Å²) in [6.45, 7) is 2.01. The first-order chi connectivity index (χ1) is 13.7. The van der Waals surface area contributed by atoms with Crippen molar-refractivity contribution in [2.75, 3.05) is 6.61 Å². The van der Waals surface area contributed by atoms with Crippen LogP contribution < -0.4 is 0 Å². The molecular weight excluding hydrogens is 356 g/mol. The smallest absolute Gasteiger partial charge is 0.416 e. The first-order valence-corrected chi connectivity index (χ1v) is 9.28. The summed E-state index contributed by atoms with van der Waals surface area (Å²) in [6, 6.07) is 17.7. The Morgan fingerprint density at radius 1 is 1.21 bits per heavy atom. The van der Waals surface area contributed by atoms with E-state index in [1.54, 1.807) is 0 Å². The molecule has 1 fully saturated rings. The van der Waals surface area contributed by atoms with Crippen LogP contribution in [-0.4, -0.2) is 29.5 Å². The van der Waals surface area contributed by atoms with Gasteiger partial charge in [-0.1, -0.05) is 72.7 Å². The fourth-order valence-electron chi connectivity index (χ4n) is 3.56. The van der Waals surface area contributed by atoms with Crippen LogP contribution in [0.25, 0.3) is 10.4 Å². The largest absolute Gasteiger partial charge is 0.447 e. The molecule has 0 aromatic heterocycles. The number of azide groups is 1. The molecule has 28 heavy (non-hydrogen) atoms. The molecule has 0 radical (unpaired) electrons. The minimum atomic E-state index is -0.686. The molecule has 2 aromatic rings. The van der Waals surface area contributed by atoms with Crippen molar-refractivity contribution in [2.24, 2.45) is 11.0 Å². The Kier molecular flexibility index (Phi) is 6.29. The average molecular weight is 378 g/mol. The number of amides is 2. The van der Waals surface area contributed by atoms with Gasteiger partial charge in [0.15, 0.2) is 0 Å². The summed E-state index contributed by atoms with van der Waals surface area (Å²) < 4.78 is 5.17. The maximum atomic E-state index is 13.3. The molecule has 0 N–H and O–H groups in total. The van der Waals surface area contributed by atoms with E-state index in [0.29, 0.717) is 12.8 Å². The number of nitrogens with zero attached hydrogens (tertiary/aromatic N) is 4. The Labute approximate surface area is 163 Å². The van der Waals surface area contributed by atoms with Crippen LogP contribution in [0.2, 0.25) is 0 Å². The van der Waals surface area contributed by atoms with E-state index in [1.807, 2.05) is 67.6 Å². The molecule has 144 valence electrons. The molecule has 2 amide bonds. The molecule has 1 saturated heterocycles. The number of hydrogen-bond acceptors (Lipinski definition) is 4. The number of cyclic esters (lactones) is 1. The Morgan fingerprint density at radius 2 is 1.86 bits per heavy atom. The number of hydrogen-bond donors (Lipinski definition) is 0. The van der Waals surface area contributed by atoms with Crippen molar-refractivity contribution < 1.29 is 14.3 Å². The topological polar surface area (TPSA) is 95.4 Å². The number of ether oxygens (including phenoxy) is 1. The quantitative estimate of drug-likeness (QED) is 0.398. The van der Waals surface area contributed by atoms with E-state index in [0.717, 1.165) is 11.1 Å². The summed E-state index contributed by atoms with van der Waals surface area (Å²) in [7, 11) is 0. The summed E-state index contributed by atoms with van der Waals surface area (Å²) >= 11 is 0. The highest BCUT2D eigenvalue weighted by molar-refractivity contribution is 5.95. The third kappa shape index (κ3) is 4.15. The van der Waals surface area contributed by atoms with Gasteiger partial charge in [-0.2, -0.15) is 0 Å². The van der Waals surface area contributed by atoms with Crippen LogP contribution in [0.5, 0.6) is 0 Å².